The van der Waals surface area contributed by atoms with Crippen LogP contribution in [0.5, 0.6) is 5.75 Å². The van der Waals surface area contributed by atoms with E-state index in [0.717, 1.165) is 11.3 Å². The highest BCUT2D eigenvalue weighted by atomic mass is 16.5. The maximum absolute atomic E-state index is 13.4. The van der Waals surface area contributed by atoms with Gasteiger partial charge in [0.1, 0.15) is 17.6 Å². The number of anilines is 1. The third-order valence-electron chi connectivity index (χ3n) is 6.20. The van der Waals surface area contributed by atoms with Crippen LogP contribution in [0.25, 0.3) is 0 Å². The Morgan fingerprint density at radius 1 is 1.18 bits per heavy atom. The van der Waals surface area contributed by atoms with Crippen LogP contribution in [0.1, 0.15) is 49.2 Å². The van der Waals surface area contributed by atoms with Gasteiger partial charge < -0.3 is 19.5 Å². The summed E-state index contributed by atoms with van der Waals surface area (Å²) in [5.74, 6) is 1.06. The molecule has 33 heavy (non-hydrogen) atoms. The first-order valence-corrected chi connectivity index (χ1v) is 11.2. The van der Waals surface area contributed by atoms with Crippen molar-refractivity contribution >= 4 is 17.5 Å². The summed E-state index contributed by atoms with van der Waals surface area (Å²) in [6.07, 6.45) is 3.72. The highest BCUT2D eigenvalue weighted by Gasteiger charge is 2.37. The number of amides is 2. The summed E-state index contributed by atoms with van der Waals surface area (Å²) in [6.45, 7) is 4.60. The number of hydrogen-bond acceptors (Lipinski definition) is 4. The van der Waals surface area contributed by atoms with Crippen LogP contribution in [0.3, 0.4) is 0 Å². The molecular formula is C26H30N4O3. The topological polar surface area (TPSA) is 76.5 Å². The van der Waals surface area contributed by atoms with Crippen LogP contribution >= 0.6 is 0 Å². The summed E-state index contributed by atoms with van der Waals surface area (Å²) in [6, 6.07) is 15.1. The molecule has 0 bridgehead atoms. The van der Waals surface area contributed by atoms with Crippen molar-refractivity contribution in [3.8, 4) is 5.75 Å². The van der Waals surface area contributed by atoms with Crippen molar-refractivity contribution in [2.24, 2.45) is 13.0 Å². The lowest BCUT2D eigenvalue weighted by molar-refractivity contribution is -0.126. The van der Waals surface area contributed by atoms with Crippen LogP contribution in [-0.4, -0.2) is 35.0 Å². The first-order valence-electron chi connectivity index (χ1n) is 11.2. The smallest absolute Gasteiger partial charge is 0.227 e. The van der Waals surface area contributed by atoms with Crippen molar-refractivity contribution in [2.45, 2.75) is 32.2 Å². The minimum atomic E-state index is -0.498. The molecule has 1 fully saturated rings. The van der Waals surface area contributed by atoms with Crippen molar-refractivity contribution in [1.82, 2.24) is 14.9 Å². The molecule has 0 spiro atoms. The molecule has 7 nitrogen and oxygen atoms in total. The van der Waals surface area contributed by atoms with E-state index in [2.05, 4.69) is 30.2 Å². The van der Waals surface area contributed by atoms with Crippen LogP contribution in [-0.2, 0) is 16.6 Å². The number of aryl methyl sites for hydroxylation is 1. The fraction of sp³-hybridized carbons (Fsp3) is 0.346. The van der Waals surface area contributed by atoms with Crippen LogP contribution in [0.15, 0.2) is 60.9 Å². The monoisotopic (exact) mass is 446 g/mol. The molecule has 1 aliphatic heterocycles. The summed E-state index contributed by atoms with van der Waals surface area (Å²) in [4.78, 5) is 32.4. The van der Waals surface area contributed by atoms with Crippen molar-refractivity contribution < 1.29 is 14.3 Å². The molecule has 2 heterocycles. The van der Waals surface area contributed by atoms with E-state index in [-0.39, 0.29) is 18.2 Å². The average Bonchev–Trinajstić information content (AvgIpc) is 3.42. The van der Waals surface area contributed by atoms with E-state index in [0.29, 0.717) is 24.0 Å². The zero-order valence-electron chi connectivity index (χ0n) is 19.5. The molecule has 172 valence electrons. The Morgan fingerprint density at radius 3 is 2.67 bits per heavy atom. The Bertz CT molecular complexity index is 1150. The SMILES string of the molecule is COc1ccccc1C(NC(=O)C1CC(=O)N(c2cccc(C(C)C)c2)C1)c1nccn1C. The van der Waals surface area contributed by atoms with E-state index in [1.165, 1.54) is 5.56 Å². The van der Waals surface area contributed by atoms with Gasteiger partial charge in [0.2, 0.25) is 11.8 Å². The van der Waals surface area contributed by atoms with Gasteiger partial charge in [-0.25, -0.2) is 4.98 Å². The molecule has 1 aromatic heterocycles. The predicted molar refractivity (Wildman–Crippen MR) is 127 cm³/mol. The minimum absolute atomic E-state index is 0.0399. The Labute approximate surface area is 194 Å². The van der Waals surface area contributed by atoms with Gasteiger partial charge >= 0.3 is 0 Å². The number of hydrogen-bond donors (Lipinski definition) is 1. The molecular weight excluding hydrogens is 416 g/mol. The number of rotatable bonds is 7. The molecule has 0 saturated carbocycles. The van der Waals surface area contributed by atoms with Gasteiger partial charge in [-0.3, -0.25) is 9.59 Å². The third-order valence-corrected chi connectivity index (χ3v) is 6.20. The van der Waals surface area contributed by atoms with Crippen molar-refractivity contribution in [2.75, 3.05) is 18.6 Å². The number of aromatic nitrogens is 2. The maximum atomic E-state index is 13.4. The summed E-state index contributed by atoms with van der Waals surface area (Å²) >= 11 is 0. The molecule has 2 amide bonds. The molecule has 2 unspecified atom stereocenters. The summed E-state index contributed by atoms with van der Waals surface area (Å²) in [5.41, 5.74) is 2.82. The highest BCUT2D eigenvalue weighted by Crippen LogP contribution is 2.31. The molecule has 1 N–H and O–H groups in total. The second-order valence-electron chi connectivity index (χ2n) is 8.73. The van der Waals surface area contributed by atoms with Gasteiger partial charge in [-0.15, -0.1) is 0 Å². The van der Waals surface area contributed by atoms with Gasteiger partial charge in [-0.2, -0.15) is 0 Å². The molecule has 1 saturated heterocycles. The number of nitrogens with one attached hydrogen (secondary N) is 1. The molecule has 0 aliphatic carbocycles. The van der Waals surface area contributed by atoms with Crippen molar-refractivity contribution in [3.05, 3.63) is 77.9 Å². The zero-order valence-corrected chi connectivity index (χ0v) is 19.5. The lowest BCUT2D eigenvalue weighted by atomic mass is 10.0. The lowest BCUT2D eigenvalue weighted by Crippen LogP contribution is -2.37. The number of nitrogens with zero attached hydrogens (tertiary/aromatic N) is 3. The Kier molecular flexibility index (Phi) is 6.49. The van der Waals surface area contributed by atoms with Gasteiger partial charge in [-0.1, -0.05) is 44.2 Å². The molecule has 3 aromatic rings. The highest BCUT2D eigenvalue weighted by molar-refractivity contribution is 6.00. The Hall–Kier alpha value is -3.61. The first kappa shape index (κ1) is 22.6. The van der Waals surface area contributed by atoms with E-state index in [1.807, 2.05) is 60.3 Å². The van der Waals surface area contributed by atoms with Crippen LogP contribution < -0.4 is 15.0 Å². The number of ether oxygens (including phenoxy) is 1. The standard InChI is InChI=1S/C26H30N4O3/c1-17(2)18-8-7-9-20(14-18)30-16-19(15-23(30)31)26(32)28-24(25-27-12-13-29(25)3)21-10-5-6-11-22(21)33-4/h5-14,17,19,24H,15-16H2,1-4H3,(H,28,32). The number of para-hydroxylation sites is 1. The maximum Gasteiger partial charge on any atom is 0.227 e. The number of carbonyl (C=O) groups excluding carboxylic acids is 2. The fourth-order valence-electron chi connectivity index (χ4n) is 4.29. The fourth-order valence-corrected chi connectivity index (χ4v) is 4.29. The Morgan fingerprint density at radius 2 is 1.97 bits per heavy atom. The third kappa shape index (κ3) is 4.62. The Balaban J connectivity index is 1.57. The van der Waals surface area contributed by atoms with E-state index < -0.39 is 12.0 Å². The molecule has 7 heteroatoms. The molecule has 1 aliphatic rings. The number of methoxy groups -OCH3 is 1. The van der Waals surface area contributed by atoms with Gasteiger partial charge in [0.25, 0.3) is 0 Å². The molecule has 0 radical (unpaired) electrons. The lowest BCUT2D eigenvalue weighted by Gasteiger charge is -2.23. The van der Waals surface area contributed by atoms with Gasteiger partial charge in [-0.05, 0) is 29.7 Å². The normalized spacial score (nSPS) is 16.8. The van der Waals surface area contributed by atoms with Crippen molar-refractivity contribution in [1.29, 1.82) is 0 Å². The van der Waals surface area contributed by atoms with Gasteiger partial charge in [0, 0.05) is 43.7 Å². The van der Waals surface area contributed by atoms with E-state index >= 15 is 0 Å². The van der Waals surface area contributed by atoms with Crippen LogP contribution in [0, 0.1) is 5.92 Å². The van der Waals surface area contributed by atoms with Crippen LogP contribution in [0.4, 0.5) is 5.69 Å². The number of imidazole rings is 1. The van der Waals surface area contributed by atoms with Crippen molar-refractivity contribution in [3.63, 3.8) is 0 Å². The quantitative estimate of drug-likeness (QED) is 0.599. The van der Waals surface area contributed by atoms with Crippen LogP contribution in [0.2, 0.25) is 0 Å². The number of benzene rings is 2. The second-order valence-corrected chi connectivity index (χ2v) is 8.73. The predicted octanol–water partition coefficient (Wildman–Crippen LogP) is 3.81. The zero-order chi connectivity index (χ0) is 23.5. The van der Waals surface area contributed by atoms with Gasteiger partial charge in [0.05, 0.1) is 13.0 Å². The van der Waals surface area contributed by atoms with E-state index in [1.54, 1.807) is 18.2 Å². The van der Waals surface area contributed by atoms with Gasteiger partial charge in [0.15, 0.2) is 0 Å². The first-order chi connectivity index (χ1) is 15.9. The summed E-state index contributed by atoms with van der Waals surface area (Å²) in [7, 11) is 3.49. The summed E-state index contributed by atoms with van der Waals surface area (Å²) in [5, 5.41) is 3.13. The van der Waals surface area contributed by atoms with E-state index in [4.69, 9.17) is 4.74 Å². The average molecular weight is 447 g/mol. The minimum Gasteiger partial charge on any atom is -0.496 e. The largest absolute Gasteiger partial charge is 0.496 e. The summed E-state index contributed by atoms with van der Waals surface area (Å²) < 4.78 is 7.42. The number of carbonyl (C=O) groups is 2. The second kappa shape index (κ2) is 9.48. The molecule has 2 atom stereocenters. The molecule has 4 rings (SSSR count). The van der Waals surface area contributed by atoms with E-state index in [9.17, 15) is 9.59 Å². The molecule has 2 aromatic carbocycles.